The van der Waals surface area contributed by atoms with Crippen LogP contribution in [0.5, 0.6) is 5.88 Å². The van der Waals surface area contributed by atoms with E-state index >= 15 is 0 Å². The molecule has 0 bridgehead atoms. The number of hydrogen-bond acceptors (Lipinski definition) is 4. The van der Waals surface area contributed by atoms with Crippen molar-refractivity contribution in [2.75, 3.05) is 7.11 Å². The number of H-pyrrole nitrogens is 1. The molecule has 6 nitrogen and oxygen atoms in total. The average molecular weight is 453 g/mol. The van der Waals surface area contributed by atoms with Gasteiger partial charge in [0.1, 0.15) is 12.2 Å². The molecule has 0 saturated heterocycles. The van der Waals surface area contributed by atoms with Gasteiger partial charge in [-0.15, -0.1) is 0 Å². The highest BCUT2D eigenvalue weighted by Crippen LogP contribution is 2.45. The molecule has 170 valence electrons. The van der Waals surface area contributed by atoms with Crippen molar-refractivity contribution in [1.82, 2.24) is 24.5 Å². The van der Waals surface area contributed by atoms with Crippen LogP contribution >= 0.6 is 0 Å². The van der Waals surface area contributed by atoms with Crippen LogP contribution in [0.25, 0.3) is 22.5 Å². The Morgan fingerprint density at radius 1 is 1.12 bits per heavy atom. The molecule has 0 radical (unpaired) electrons. The van der Waals surface area contributed by atoms with Crippen molar-refractivity contribution >= 4 is 0 Å². The molecular formula is C24H22F3N5O. The minimum absolute atomic E-state index is 0.278. The maximum Gasteiger partial charge on any atom is 0.434 e. The number of aromatic amines is 1. The van der Waals surface area contributed by atoms with Crippen molar-refractivity contribution < 1.29 is 17.9 Å². The summed E-state index contributed by atoms with van der Waals surface area (Å²) in [7, 11) is 3.17. The smallest absolute Gasteiger partial charge is 0.434 e. The monoisotopic (exact) mass is 453 g/mol. The Hall–Kier alpha value is -3.62. The number of imidazole rings is 1. The normalized spacial score (nSPS) is 14.0. The summed E-state index contributed by atoms with van der Waals surface area (Å²) >= 11 is 0. The maximum absolute atomic E-state index is 13.0. The van der Waals surface area contributed by atoms with Crippen LogP contribution in [0.15, 0.2) is 49.1 Å². The largest absolute Gasteiger partial charge is 0.480 e. The first-order chi connectivity index (χ1) is 15.8. The Labute approximate surface area is 188 Å². The molecule has 5 rings (SSSR count). The highest BCUT2D eigenvalue weighted by molar-refractivity contribution is 5.72. The fourth-order valence-corrected chi connectivity index (χ4v) is 4.03. The third kappa shape index (κ3) is 4.22. The van der Waals surface area contributed by atoms with E-state index in [4.69, 9.17) is 4.74 Å². The molecule has 3 heterocycles. The molecule has 0 spiro atoms. The summed E-state index contributed by atoms with van der Waals surface area (Å²) in [4.78, 5) is 15.8. The highest BCUT2D eigenvalue weighted by atomic mass is 19.4. The summed E-state index contributed by atoms with van der Waals surface area (Å²) in [5, 5.41) is 0. The predicted octanol–water partition coefficient (Wildman–Crippen LogP) is 5.37. The lowest BCUT2D eigenvalue weighted by atomic mass is 10.0. The quantitative estimate of drug-likeness (QED) is 0.426. The van der Waals surface area contributed by atoms with E-state index in [9.17, 15) is 13.2 Å². The van der Waals surface area contributed by atoms with Gasteiger partial charge in [-0.25, -0.2) is 15.0 Å². The van der Waals surface area contributed by atoms with Gasteiger partial charge in [0.05, 0.1) is 18.4 Å². The van der Waals surface area contributed by atoms with E-state index in [1.807, 2.05) is 18.3 Å². The number of methoxy groups -OCH3 is 1. The maximum atomic E-state index is 13.0. The number of rotatable bonds is 6. The van der Waals surface area contributed by atoms with Gasteiger partial charge < -0.3 is 14.3 Å². The standard InChI is InChI=1S/C24H22F3N5O/c1-32-12-19(24(25,26)27)31-22(32)16-5-3-14(4-6-16)9-18-10-17(11-28-18)20-21(15-7-8-15)29-13-30-23(20)33-2/h3-6,10-13,15,28H,7-9H2,1-2H3. The van der Waals surface area contributed by atoms with Gasteiger partial charge in [0.15, 0.2) is 5.69 Å². The Morgan fingerprint density at radius 3 is 2.52 bits per heavy atom. The van der Waals surface area contributed by atoms with Crippen molar-refractivity contribution in [3.05, 3.63) is 71.7 Å². The third-order valence-corrected chi connectivity index (χ3v) is 5.80. The van der Waals surface area contributed by atoms with E-state index in [1.54, 1.807) is 32.6 Å². The number of alkyl halides is 3. The molecule has 0 unspecified atom stereocenters. The Kier molecular flexibility index (Phi) is 5.19. The first-order valence-electron chi connectivity index (χ1n) is 10.6. The van der Waals surface area contributed by atoms with Crippen LogP contribution in [0.4, 0.5) is 13.2 Å². The Balaban J connectivity index is 1.37. The lowest BCUT2D eigenvalue weighted by Crippen LogP contribution is -2.04. The van der Waals surface area contributed by atoms with E-state index in [0.717, 1.165) is 47.1 Å². The minimum Gasteiger partial charge on any atom is -0.480 e. The van der Waals surface area contributed by atoms with E-state index in [1.165, 1.54) is 4.57 Å². The van der Waals surface area contributed by atoms with Crippen molar-refractivity contribution in [1.29, 1.82) is 0 Å². The van der Waals surface area contributed by atoms with E-state index in [2.05, 4.69) is 26.0 Å². The average Bonchev–Trinajstić information content (AvgIpc) is 3.41. The van der Waals surface area contributed by atoms with Crippen molar-refractivity contribution in [2.24, 2.45) is 7.05 Å². The van der Waals surface area contributed by atoms with E-state index in [-0.39, 0.29) is 5.82 Å². The molecule has 0 atom stereocenters. The summed E-state index contributed by atoms with van der Waals surface area (Å²) in [5.74, 6) is 1.29. The van der Waals surface area contributed by atoms with Gasteiger partial charge >= 0.3 is 6.18 Å². The van der Waals surface area contributed by atoms with Gasteiger partial charge in [-0.1, -0.05) is 24.3 Å². The SMILES string of the molecule is COc1ncnc(C2CC2)c1-c1c[nH]c(Cc2ccc(-c3nc(C(F)(F)F)cn3C)cc2)c1. The van der Waals surface area contributed by atoms with Gasteiger partial charge in [-0.05, 0) is 24.5 Å². The number of nitrogens with one attached hydrogen (secondary N) is 1. The molecule has 9 heteroatoms. The van der Waals surface area contributed by atoms with E-state index < -0.39 is 11.9 Å². The zero-order valence-electron chi connectivity index (χ0n) is 18.1. The molecule has 1 fully saturated rings. The Morgan fingerprint density at radius 2 is 1.88 bits per heavy atom. The van der Waals surface area contributed by atoms with Crippen LogP contribution in [0.2, 0.25) is 0 Å². The lowest BCUT2D eigenvalue weighted by molar-refractivity contribution is -0.140. The summed E-state index contributed by atoms with van der Waals surface area (Å²) in [6.07, 6.45) is 2.90. The summed E-state index contributed by atoms with van der Waals surface area (Å²) in [6, 6.07) is 9.45. The first-order valence-corrected chi connectivity index (χ1v) is 10.6. The van der Waals surface area contributed by atoms with Crippen LogP contribution in [0.3, 0.4) is 0 Å². The summed E-state index contributed by atoms with van der Waals surface area (Å²) in [6.45, 7) is 0. The highest BCUT2D eigenvalue weighted by Gasteiger charge is 2.34. The fourth-order valence-electron chi connectivity index (χ4n) is 4.03. The van der Waals surface area contributed by atoms with Gasteiger partial charge in [-0.2, -0.15) is 13.2 Å². The number of hydrogen-bond donors (Lipinski definition) is 1. The van der Waals surface area contributed by atoms with Crippen LogP contribution in [-0.4, -0.2) is 31.6 Å². The number of nitrogens with zero attached hydrogens (tertiary/aromatic N) is 4. The molecule has 1 aromatic carbocycles. The van der Waals surface area contributed by atoms with Crippen LogP contribution < -0.4 is 4.74 Å². The molecule has 3 aromatic heterocycles. The number of aromatic nitrogens is 5. The van der Waals surface area contributed by atoms with Crippen molar-refractivity contribution in [2.45, 2.75) is 31.4 Å². The van der Waals surface area contributed by atoms with E-state index in [0.29, 0.717) is 23.8 Å². The number of ether oxygens (including phenoxy) is 1. The topological polar surface area (TPSA) is 68.6 Å². The number of aryl methyl sites for hydroxylation is 1. The second-order valence-electron chi connectivity index (χ2n) is 8.26. The van der Waals surface area contributed by atoms with Gasteiger partial charge in [0.25, 0.3) is 0 Å². The molecule has 1 saturated carbocycles. The molecule has 0 aliphatic heterocycles. The second kappa shape index (κ2) is 8.06. The Bertz CT molecular complexity index is 1290. The van der Waals surface area contributed by atoms with Crippen LogP contribution in [0.1, 0.15) is 41.4 Å². The second-order valence-corrected chi connectivity index (χ2v) is 8.26. The zero-order chi connectivity index (χ0) is 23.2. The molecule has 1 aliphatic carbocycles. The molecule has 1 aliphatic rings. The number of benzene rings is 1. The lowest BCUT2D eigenvalue weighted by Gasteiger charge is -2.10. The molecular weight excluding hydrogens is 431 g/mol. The molecule has 4 aromatic rings. The zero-order valence-corrected chi connectivity index (χ0v) is 18.1. The van der Waals surface area contributed by atoms with Gasteiger partial charge in [-0.3, -0.25) is 0 Å². The fraction of sp³-hybridized carbons (Fsp3) is 0.292. The third-order valence-electron chi connectivity index (χ3n) is 5.80. The van der Waals surface area contributed by atoms with Crippen LogP contribution in [-0.2, 0) is 19.6 Å². The molecule has 33 heavy (non-hydrogen) atoms. The molecule has 1 N–H and O–H groups in total. The molecule has 0 amide bonds. The summed E-state index contributed by atoms with van der Waals surface area (Å²) in [5.41, 5.74) is 4.69. The van der Waals surface area contributed by atoms with Crippen molar-refractivity contribution in [3.63, 3.8) is 0 Å². The number of halogens is 3. The minimum atomic E-state index is -4.47. The van der Waals surface area contributed by atoms with Gasteiger partial charge in [0.2, 0.25) is 5.88 Å². The first kappa shape index (κ1) is 21.2. The van der Waals surface area contributed by atoms with Crippen molar-refractivity contribution in [3.8, 4) is 28.4 Å². The predicted molar refractivity (Wildman–Crippen MR) is 117 cm³/mol. The summed E-state index contributed by atoms with van der Waals surface area (Å²) < 4.78 is 45.7. The van der Waals surface area contributed by atoms with Crippen LogP contribution in [0, 0.1) is 0 Å². The van der Waals surface area contributed by atoms with Gasteiger partial charge in [0, 0.05) is 48.6 Å².